The topological polar surface area (TPSA) is 64.2 Å². The van der Waals surface area contributed by atoms with Crippen LogP contribution in [-0.2, 0) is 13.1 Å². The SMILES string of the molecule is NC(=S)c1ccc(C(=O)N2CCn3ccnc3C2)cc1. The zero-order valence-electron chi connectivity index (χ0n) is 10.8. The van der Waals surface area contributed by atoms with Crippen molar-refractivity contribution in [2.45, 2.75) is 13.1 Å². The van der Waals surface area contributed by atoms with E-state index in [-0.39, 0.29) is 5.91 Å². The van der Waals surface area contributed by atoms with Crippen LogP contribution in [0.15, 0.2) is 36.7 Å². The second kappa shape index (κ2) is 5.05. The number of thiocarbonyl (C=S) groups is 1. The Kier molecular flexibility index (Phi) is 3.23. The molecule has 6 heteroatoms. The maximum absolute atomic E-state index is 12.4. The van der Waals surface area contributed by atoms with Crippen molar-refractivity contribution >= 4 is 23.1 Å². The van der Waals surface area contributed by atoms with E-state index in [2.05, 4.69) is 9.55 Å². The highest BCUT2D eigenvalue weighted by molar-refractivity contribution is 7.80. The third kappa shape index (κ3) is 2.30. The van der Waals surface area contributed by atoms with Crippen molar-refractivity contribution < 1.29 is 4.79 Å². The predicted octanol–water partition coefficient (Wildman–Crippen LogP) is 1.17. The molecule has 1 amide bonds. The molecule has 0 saturated heterocycles. The molecule has 1 aliphatic rings. The van der Waals surface area contributed by atoms with Crippen LogP contribution < -0.4 is 5.73 Å². The van der Waals surface area contributed by atoms with E-state index >= 15 is 0 Å². The third-order valence-corrected chi connectivity index (χ3v) is 3.68. The van der Waals surface area contributed by atoms with Gasteiger partial charge in [0.05, 0.1) is 6.54 Å². The zero-order chi connectivity index (χ0) is 14.1. The number of imidazole rings is 1. The molecule has 0 saturated carbocycles. The summed E-state index contributed by atoms with van der Waals surface area (Å²) in [4.78, 5) is 18.8. The number of hydrogen-bond donors (Lipinski definition) is 1. The zero-order valence-corrected chi connectivity index (χ0v) is 11.6. The Labute approximate surface area is 122 Å². The van der Waals surface area contributed by atoms with E-state index in [0.29, 0.717) is 23.6 Å². The van der Waals surface area contributed by atoms with Crippen LogP contribution in [0.5, 0.6) is 0 Å². The molecular formula is C14H14N4OS. The van der Waals surface area contributed by atoms with Crippen LogP contribution in [0.2, 0.25) is 0 Å². The summed E-state index contributed by atoms with van der Waals surface area (Å²) < 4.78 is 2.07. The molecule has 0 bridgehead atoms. The average molecular weight is 286 g/mol. The van der Waals surface area contributed by atoms with Gasteiger partial charge in [0.25, 0.3) is 5.91 Å². The summed E-state index contributed by atoms with van der Waals surface area (Å²) in [5, 5.41) is 0. The fourth-order valence-corrected chi connectivity index (χ4v) is 2.44. The maximum atomic E-state index is 12.4. The molecule has 5 nitrogen and oxygen atoms in total. The first-order valence-electron chi connectivity index (χ1n) is 6.34. The molecule has 0 atom stereocenters. The molecule has 2 heterocycles. The Hall–Kier alpha value is -2.21. The highest BCUT2D eigenvalue weighted by Crippen LogP contribution is 2.14. The fourth-order valence-electron chi connectivity index (χ4n) is 2.31. The van der Waals surface area contributed by atoms with Crippen LogP contribution in [-0.4, -0.2) is 31.9 Å². The van der Waals surface area contributed by atoms with Crippen molar-refractivity contribution in [1.82, 2.24) is 14.5 Å². The van der Waals surface area contributed by atoms with Gasteiger partial charge < -0.3 is 15.2 Å². The normalized spacial score (nSPS) is 13.9. The molecule has 2 N–H and O–H groups in total. The second-order valence-corrected chi connectivity index (χ2v) is 5.14. The van der Waals surface area contributed by atoms with E-state index in [1.165, 1.54) is 0 Å². The monoisotopic (exact) mass is 286 g/mol. The maximum Gasteiger partial charge on any atom is 0.254 e. The standard InChI is InChI=1S/C14H14N4OS/c15-13(20)10-1-3-11(4-2-10)14(19)18-8-7-17-6-5-16-12(17)9-18/h1-6H,7-9H2,(H2,15,20). The number of aromatic nitrogens is 2. The van der Waals surface area contributed by atoms with Crippen molar-refractivity contribution in [3.05, 3.63) is 53.6 Å². The van der Waals surface area contributed by atoms with E-state index in [0.717, 1.165) is 17.9 Å². The Morgan fingerprint density at radius 2 is 1.90 bits per heavy atom. The van der Waals surface area contributed by atoms with Crippen LogP contribution in [0.1, 0.15) is 21.7 Å². The highest BCUT2D eigenvalue weighted by Gasteiger charge is 2.22. The molecule has 0 radical (unpaired) electrons. The van der Waals surface area contributed by atoms with Crippen molar-refractivity contribution in [3.63, 3.8) is 0 Å². The van der Waals surface area contributed by atoms with Crippen LogP contribution in [0.25, 0.3) is 0 Å². The van der Waals surface area contributed by atoms with Gasteiger partial charge in [-0.25, -0.2) is 4.98 Å². The first kappa shape index (κ1) is 12.8. The fraction of sp³-hybridized carbons (Fsp3) is 0.214. The van der Waals surface area contributed by atoms with Gasteiger partial charge in [-0.05, 0) is 12.1 Å². The number of hydrogen-bond acceptors (Lipinski definition) is 3. The molecule has 102 valence electrons. The molecule has 1 aromatic carbocycles. The van der Waals surface area contributed by atoms with E-state index in [1.54, 1.807) is 35.4 Å². The summed E-state index contributed by atoms with van der Waals surface area (Å²) in [5.41, 5.74) is 6.96. The average Bonchev–Trinajstić information content (AvgIpc) is 2.94. The largest absolute Gasteiger partial charge is 0.389 e. The molecule has 0 fully saturated rings. The molecule has 0 unspecified atom stereocenters. The van der Waals surface area contributed by atoms with Crippen LogP contribution in [0, 0.1) is 0 Å². The van der Waals surface area contributed by atoms with Gasteiger partial charge in [-0.2, -0.15) is 0 Å². The molecule has 3 rings (SSSR count). The van der Waals surface area contributed by atoms with Gasteiger partial charge in [0.15, 0.2) is 0 Å². The molecule has 1 aromatic heterocycles. The second-order valence-electron chi connectivity index (χ2n) is 4.71. The third-order valence-electron chi connectivity index (χ3n) is 3.45. The summed E-state index contributed by atoms with van der Waals surface area (Å²) in [6.45, 7) is 2.02. The van der Waals surface area contributed by atoms with Gasteiger partial charge in [0.2, 0.25) is 0 Å². The van der Waals surface area contributed by atoms with E-state index < -0.39 is 0 Å². The lowest BCUT2D eigenvalue weighted by Crippen LogP contribution is -2.38. The summed E-state index contributed by atoms with van der Waals surface area (Å²) in [6.07, 6.45) is 3.70. The Morgan fingerprint density at radius 3 is 2.60 bits per heavy atom. The van der Waals surface area contributed by atoms with Crippen molar-refractivity contribution in [3.8, 4) is 0 Å². The first-order chi connectivity index (χ1) is 9.65. The molecule has 1 aliphatic heterocycles. The van der Waals surface area contributed by atoms with E-state index in [9.17, 15) is 4.79 Å². The summed E-state index contributed by atoms with van der Waals surface area (Å²) in [7, 11) is 0. The molecule has 0 aliphatic carbocycles. The van der Waals surface area contributed by atoms with Gasteiger partial charge in [-0.1, -0.05) is 24.4 Å². The van der Waals surface area contributed by atoms with Crippen LogP contribution in [0.3, 0.4) is 0 Å². The number of rotatable bonds is 2. The van der Waals surface area contributed by atoms with E-state index in [4.69, 9.17) is 18.0 Å². The van der Waals surface area contributed by atoms with Crippen molar-refractivity contribution in [2.75, 3.05) is 6.54 Å². The Morgan fingerprint density at radius 1 is 1.20 bits per heavy atom. The molecule has 0 spiro atoms. The highest BCUT2D eigenvalue weighted by atomic mass is 32.1. The number of carbonyl (C=O) groups excluding carboxylic acids is 1. The quantitative estimate of drug-likeness (QED) is 0.842. The lowest BCUT2D eigenvalue weighted by Gasteiger charge is -2.27. The Balaban J connectivity index is 1.78. The minimum absolute atomic E-state index is 0.00809. The summed E-state index contributed by atoms with van der Waals surface area (Å²) in [6, 6.07) is 7.08. The minimum atomic E-state index is 0.00809. The van der Waals surface area contributed by atoms with Crippen molar-refractivity contribution in [2.24, 2.45) is 5.73 Å². The number of nitrogens with zero attached hydrogens (tertiary/aromatic N) is 3. The molecule has 20 heavy (non-hydrogen) atoms. The predicted molar refractivity (Wildman–Crippen MR) is 79.3 cm³/mol. The summed E-state index contributed by atoms with van der Waals surface area (Å²) >= 11 is 4.90. The summed E-state index contributed by atoms with van der Waals surface area (Å²) in [5.74, 6) is 0.929. The number of nitrogens with two attached hydrogens (primary N) is 1. The number of amides is 1. The van der Waals surface area contributed by atoms with Gasteiger partial charge in [0, 0.05) is 36.6 Å². The number of carbonyl (C=O) groups is 1. The first-order valence-corrected chi connectivity index (χ1v) is 6.75. The smallest absolute Gasteiger partial charge is 0.254 e. The van der Waals surface area contributed by atoms with Gasteiger partial charge in [0.1, 0.15) is 10.8 Å². The van der Waals surface area contributed by atoms with Gasteiger partial charge >= 0.3 is 0 Å². The lowest BCUT2D eigenvalue weighted by molar-refractivity contribution is 0.0707. The molecular weight excluding hydrogens is 272 g/mol. The number of fused-ring (bicyclic) bond motifs is 1. The Bertz CT molecular complexity index is 662. The number of benzene rings is 1. The lowest BCUT2D eigenvalue weighted by atomic mass is 10.1. The minimum Gasteiger partial charge on any atom is -0.389 e. The van der Waals surface area contributed by atoms with Gasteiger partial charge in [-0.15, -0.1) is 0 Å². The van der Waals surface area contributed by atoms with Crippen LogP contribution in [0.4, 0.5) is 0 Å². The van der Waals surface area contributed by atoms with Gasteiger partial charge in [-0.3, -0.25) is 4.79 Å². The van der Waals surface area contributed by atoms with E-state index in [1.807, 2.05) is 6.20 Å². The molecule has 2 aromatic rings. The van der Waals surface area contributed by atoms with Crippen LogP contribution >= 0.6 is 12.2 Å². The van der Waals surface area contributed by atoms with Crippen molar-refractivity contribution in [1.29, 1.82) is 0 Å².